The molecule has 1 aromatic heterocycles. The number of carbonyl (C=O) groups is 1. The van der Waals surface area contributed by atoms with Crippen molar-refractivity contribution < 1.29 is 9.53 Å². The van der Waals surface area contributed by atoms with Gasteiger partial charge in [0, 0.05) is 37.2 Å². The van der Waals surface area contributed by atoms with E-state index in [4.69, 9.17) is 4.74 Å². The SMILES string of the molecule is C[C@H](c1cccs1)N(C)C(=O)Nc1ccccc1CN1CCOCC1. The van der Waals surface area contributed by atoms with Crippen LogP contribution in [0.1, 0.15) is 23.4 Å². The van der Waals surface area contributed by atoms with Crippen LogP contribution in [0.3, 0.4) is 0 Å². The van der Waals surface area contributed by atoms with Gasteiger partial charge in [0.15, 0.2) is 0 Å². The number of thiophene rings is 1. The Hall–Kier alpha value is -1.89. The van der Waals surface area contributed by atoms with Gasteiger partial charge in [-0.25, -0.2) is 4.79 Å². The van der Waals surface area contributed by atoms with Gasteiger partial charge < -0.3 is 15.0 Å². The first-order chi connectivity index (χ1) is 12.1. The first-order valence-electron chi connectivity index (χ1n) is 8.60. The number of hydrogen-bond donors (Lipinski definition) is 1. The molecule has 1 saturated heterocycles. The highest BCUT2D eigenvalue weighted by atomic mass is 32.1. The van der Waals surface area contributed by atoms with Crippen LogP contribution >= 0.6 is 11.3 Å². The number of carbonyl (C=O) groups excluding carboxylic acids is 1. The number of para-hydroxylation sites is 1. The van der Waals surface area contributed by atoms with Crippen LogP contribution in [0.15, 0.2) is 41.8 Å². The van der Waals surface area contributed by atoms with Gasteiger partial charge in [-0.3, -0.25) is 4.90 Å². The van der Waals surface area contributed by atoms with E-state index in [-0.39, 0.29) is 12.1 Å². The van der Waals surface area contributed by atoms with Gasteiger partial charge in [-0.05, 0) is 30.0 Å². The van der Waals surface area contributed by atoms with Gasteiger partial charge in [-0.1, -0.05) is 24.3 Å². The highest BCUT2D eigenvalue weighted by molar-refractivity contribution is 7.10. The van der Waals surface area contributed by atoms with Crippen LogP contribution < -0.4 is 5.32 Å². The molecular formula is C19H25N3O2S. The minimum atomic E-state index is -0.0877. The molecule has 0 radical (unpaired) electrons. The summed E-state index contributed by atoms with van der Waals surface area (Å²) in [5, 5.41) is 5.11. The molecule has 0 bridgehead atoms. The number of morpholine rings is 1. The molecule has 0 aliphatic carbocycles. The van der Waals surface area contributed by atoms with Gasteiger partial charge in [-0.15, -0.1) is 11.3 Å². The lowest BCUT2D eigenvalue weighted by Crippen LogP contribution is -2.36. The lowest BCUT2D eigenvalue weighted by molar-refractivity contribution is 0.0342. The van der Waals surface area contributed by atoms with Gasteiger partial charge in [0.25, 0.3) is 0 Å². The van der Waals surface area contributed by atoms with E-state index in [0.29, 0.717) is 0 Å². The molecule has 2 heterocycles. The summed E-state index contributed by atoms with van der Waals surface area (Å²) in [6, 6.07) is 12.1. The Morgan fingerprint density at radius 1 is 1.28 bits per heavy atom. The van der Waals surface area contributed by atoms with Gasteiger partial charge >= 0.3 is 6.03 Å². The molecule has 5 nitrogen and oxygen atoms in total. The Balaban J connectivity index is 1.66. The van der Waals surface area contributed by atoms with Crippen LogP contribution in [0.2, 0.25) is 0 Å². The number of nitrogens with one attached hydrogen (secondary N) is 1. The van der Waals surface area contributed by atoms with Crippen LogP contribution in [0.5, 0.6) is 0 Å². The van der Waals surface area contributed by atoms with Gasteiger partial charge in [0.2, 0.25) is 0 Å². The summed E-state index contributed by atoms with van der Waals surface area (Å²) >= 11 is 1.67. The Labute approximate surface area is 153 Å². The summed E-state index contributed by atoms with van der Waals surface area (Å²) in [7, 11) is 1.84. The first-order valence-corrected chi connectivity index (χ1v) is 9.48. The van der Waals surface area contributed by atoms with Crippen molar-refractivity contribution in [1.82, 2.24) is 9.80 Å². The molecular weight excluding hydrogens is 334 g/mol. The molecule has 0 unspecified atom stereocenters. The molecule has 0 spiro atoms. The summed E-state index contributed by atoms with van der Waals surface area (Å²) < 4.78 is 5.41. The number of urea groups is 1. The minimum absolute atomic E-state index is 0.0476. The van der Waals surface area contributed by atoms with E-state index in [9.17, 15) is 4.79 Å². The number of hydrogen-bond acceptors (Lipinski definition) is 4. The zero-order chi connectivity index (χ0) is 17.6. The van der Waals surface area contributed by atoms with Crippen LogP contribution in [0.25, 0.3) is 0 Å². The molecule has 1 aliphatic heterocycles. The fourth-order valence-electron chi connectivity index (χ4n) is 2.88. The highest BCUT2D eigenvalue weighted by Crippen LogP contribution is 2.25. The summed E-state index contributed by atoms with van der Waals surface area (Å²) in [6.07, 6.45) is 0. The van der Waals surface area contributed by atoms with Crippen LogP contribution in [-0.2, 0) is 11.3 Å². The normalized spacial score (nSPS) is 16.4. The molecule has 6 heteroatoms. The second-order valence-corrected chi connectivity index (χ2v) is 7.26. The quantitative estimate of drug-likeness (QED) is 0.883. The van der Waals surface area contributed by atoms with Crippen LogP contribution in [0, 0.1) is 0 Å². The van der Waals surface area contributed by atoms with E-state index in [1.807, 2.05) is 43.6 Å². The first kappa shape index (κ1) is 17.9. The molecule has 25 heavy (non-hydrogen) atoms. The Bertz CT molecular complexity index is 684. The maximum atomic E-state index is 12.7. The number of ether oxygens (including phenoxy) is 1. The third-order valence-electron chi connectivity index (χ3n) is 4.61. The maximum Gasteiger partial charge on any atom is 0.322 e. The van der Waals surface area contributed by atoms with Crippen molar-refractivity contribution in [3.05, 3.63) is 52.2 Å². The van der Waals surface area contributed by atoms with Crippen molar-refractivity contribution in [1.29, 1.82) is 0 Å². The fraction of sp³-hybridized carbons (Fsp3) is 0.421. The Morgan fingerprint density at radius 2 is 2.04 bits per heavy atom. The molecule has 1 fully saturated rings. The zero-order valence-corrected chi connectivity index (χ0v) is 15.6. The van der Waals surface area contributed by atoms with E-state index >= 15 is 0 Å². The molecule has 2 amide bonds. The monoisotopic (exact) mass is 359 g/mol. The largest absolute Gasteiger partial charge is 0.379 e. The van der Waals surface area contributed by atoms with Gasteiger partial charge in [-0.2, -0.15) is 0 Å². The predicted octanol–water partition coefficient (Wildman–Crippen LogP) is 3.81. The van der Waals surface area contributed by atoms with E-state index in [2.05, 4.69) is 22.3 Å². The third-order valence-corrected chi connectivity index (χ3v) is 5.66. The second-order valence-electron chi connectivity index (χ2n) is 6.28. The van der Waals surface area contributed by atoms with Crippen molar-refractivity contribution in [2.24, 2.45) is 0 Å². The average molecular weight is 359 g/mol. The zero-order valence-electron chi connectivity index (χ0n) is 14.8. The average Bonchev–Trinajstić information content (AvgIpc) is 3.17. The molecule has 1 atom stereocenters. The molecule has 1 aliphatic rings. The number of anilines is 1. The molecule has 1 N–H and O–H groups in total. The fourth-order valence-corrected chi connectivity index (χ4v) is 3.71. The van der Waals surface area contributed by atoms with Gasteiger partial charge in [0.05, 0.1) is 19.3 Å². The lowest BCUT2D eigenvalue weighted by Gasteiger charge is -2.28. The minimum Gasteiger partial charge on any atom is -0.379 e. The van der Waals surface area contributed by atoms with Gasteiger partial charge in [0.1, 0.15) is 0 Å². The summed E-state index contributed by atoms with van der Waals surface area (Å²) in [5.74, 6) is 0. The molecule has 3 rings (SSSR count). The van der Waals surface area contributed by atoms with Crippen LogP contribution in [-0.4, -0.2) is 49.2 Å². The maximum absolute atomic E-state index is 12.7. The van der Waals surface area contributed by atoms with E-state index in [1.165, 1.54) is 4.88 Å². The van der Waals surface area contributed by atoms with Crippen molar-refractivity contribution in [3.8, 4) is 0 Å². The summed E-state index contributed by atoms with van der Waals surface area (Å²) in [5.41, 5.74) is 2.01. The second kappa shape index (κ2) is 8.47. The number of nitrogens with zero attached hydrogens (tertiary/aromatic N) is 2. The summed E-state index contributed by atoms with van der Waals surface area (Å²) in [4.78, 5) is 18.0. The number of rotatable bonds is 5. The highest BCUT2D eigenvalue weighted by Gasteiger charge is 2.19. The van der Waals surface area contributed by atoms with Crippen molar-refractivity contribution in [2.75, 3.05) is 38.7 Å². The number of amides is 2. The smallest absolute Gasteiger partial charge is 0.322 e. The topological polar surface area (TPSA) is 44.8 Å². The standard InChI is InChI=1S/C19H25N3O2S/c1-15(18-8-5-13-25-18)21(2)19(23)20-17-7-4-3-6-16(17)14-22-9-11-24-12-10-22/h3-8,13,15H,9-12,14H2,1-2H3,(H,20,23)/t15-/m1/s1. The third kappa shape index (κ3) is 4.60. The molecule has 1 aromatic carbocycles. The van der Waals surface area contributed by atoms with E-state index in [0.717, 1.165) is 44.1 Å². The van der Waals surface area contributed by atoms with E-state index < -0.39 is 0 Å². The summed E-state index contributed by atoms with van der Waals surface area (Å²) in [6.45, 7) is 6.27. The molecule has 2 aromatic rings. The van der Waals surface area contributed by atoms with Crippen LogP contribution in [0.4, 0.5) is 10.5 Å². The van der Waals surface area contributed by atoms with Crippen molar-refractivity contribution >= 4 is 23.1 Å². The van der Waals surface area contributed by atoms with Crippen molar-refractivity contribution in [3.63, 3.8) is 0 Å². The number of benzene rings is 1. The molecule has 0 saturated carbocycles. The van der Waals surface area contributed by atoms with E-state index in [1.54, 1.807) is 16.2 Å². The van der Waals surface area contributed by atoms with Crippen molar-refractivity contribution in [2.45, 2.75) is 19.5 Å². The molecule has 134 valence electrons. The Kier molecular flexibility index (Phi) is 6.07. The lowest BCUT2D eigenvalue weighted by atomic mass is 10.1. The predicted molar refractivity (Wildman–Crippen MR) is 102 cm³/mol. The Morgan fingerprint density at radius 3 is 2.76 bits per heavy atom.